The van der Waals surface area contributed by atoms with Gasteiger partial charge in [-0.05, 0) is 25.3 Å². The predicted octanol–water partition coefficient (Wildman–Crippen LogP) is 0.220. The number of rotatable bonds is 4. The van der Waals surface area contributed by atoms with Crippen molar-refractivity contribution in [1.82, 2.24) is 4.90 Å². The second kappa shape index (κ2) is 5.98. The summed E-state index contributed by atoms with van der Waals surface area (Å²) in [6, 6.07) is 0. The van der Waals surface area contributed by atoms with Gasteiger partial charge in [-0.2, -0.15) is 0 Å². The van der Waals surface area contributed by atoms with Crippen LogP contribution in [0.5, 0.6) is 0 Å². The van der Waals surface area contributed by atoms with E-state index in [1.807, 2.05) is 4.90 Å². The minimum Gasteiger partial charge on any atom is -0.384 e. The quantitative estimate of drug-likeness (QED) is 0.706. The van der Waals surface area contributed by atoms with Gasteiger partial charge in [0, 0.05) is 20.2 Å². The van der Waals surface area contributed by atoms with Gasteiger partial charge in [0.2, 0.25) is 5.91 Å². The van der Waals surface area contributed by atoms with Crippen molar-refractivity contribution in [2.75, 3.05) is 33.4 Å². The molecule has 1 rings (SSSR count). The maximum atomic E-state index is 11.6. The van der Waals surface area contributed by atoms with Gasteiger partial charge in [0.05, 0.1) is 13.0 Å². The van der Waals surface area contributed by atoms with Gasteiger partial charge in [-0.1, -0.05) is 0 Å². The van der Waals surface area contributed by atoms with Crippen LogP contribution in [0.15, 0.2) is 0 Å². The third-order valence-electron chi connectivity index (χ3n) is 2.82. The molecule has 1 heterocycles. The summed E-state index contributed by atoms with van der Waals surface area (Å²) in [5, 5.41) is 0. The lowest BCUT2D eigenvalue weighted by atomic mass is 9.97. The summed E-state index contributed by atoms with van der Waals surface area (Å²) in [5.41, 5.74) is 5.58. The van der Waals surface area contributed by atoms with Crippen molar-refractivity contribution in [3.8, 4) is 0 Å². The Morgan fingerprint density at radius 3 is 2.64 bits per heavy atom. The average Bonchev–Trinajstić information content (AvgIpc) is 2.26. The fraction of sp³-hybridized carbons (Fsp3) is 0.900. The Labute approximate surface area is 85.4 Å². The predicted molar refractivity (Wildman–Crippen MR) is 54.9 cm³/mol. The molecular weight excluding hydrogens is 180 g/mol. The first-order chi connectivity index (χ1) is 6.77. The maximum absolute atomic E-state index is 11.6. The number of carbonyl (C=O) groups is 1. The van der Waals surface area contributed by atoms with E-state index in [1.54, 1.807) is 7.11 Å². The van der Waals surface area contributed by atoms with E-state index in [0.717, 1.165) is 32.5 Å². The molecule has 82 valence electrons. The van der Waals surface area contributed by atoms with Crippen LogP contribution >= 0.6 is 0 Å². The second-order valence-corrected chi connectivity index (χ2v) is 3.80. The second-order valence-electron chi connectivity index (χ2n) is 3.80. The van der Waals surface area contributed by atoms with Gasteiger partial charge in [-0.15, -0.1) is 0 Å². The zero-order chi connectivity index (χ0) is 10.4. The minimum atomic E-state index is 0.210. The first-order valence-corrected chi connectivity index (χ1v) is 5.24. The van der Waals surface area contributed by atoms with Crippen LogP contribution in [0, 0.1) is 5.92 Å². The lowest BCUT2D eigenvalue weighted by Crippen LogP contribution is -2.40. The summed E-state index contributed by atoms with van der Waals surface area (Å²) < 4.78 is 4.88. The van der Waals surface area contributed by atoms with Crippen molar-refractivity contribution in [3.63, 3.8) is 0 Å². The number of nitrogens with two attached hydrogens (primary N) is 1. The number of hydrogen-bond donors (Lipinski definition) is 1. The van der Waals surface area contributed by atoms with Gasteiger partial charge in [0.25, 0.3) is 0 Å². The first kappa shape index (κ1) is 11.5. The molecule has 14 heavy (non-hydrogen) atoms. The lowest BCUT2D eigenvalue weighted by molar-refractivity contribution is -0.133. The smallest absolute Gasteiger partial charge is 0.224 e. The molecule has 0 radical (unpaired) electrons. The summed E-state index contributed by atoms with van der Waals surface area (Å²) in [4.78, 5) is 13.5. The van der Waals surface area contributed by atoms with Crippen LogP contribution < -0.4 is 5.73 Å². The van der Waals surface area contributed by atoms with Crippen LogP contribution in [0.3, 0.4) is 0 Å². The van der Waals surface area contributed by atoms with Crippen LogP contribution in [-0.2, 0) is 9.53 Å². The third kappa shape index (κ3) is 3.27. The number of likely N-dealkylation sites (tertiary alicyclic amines) is 1. The molecule has 2 N–H and O–H groups in total. The molecule has 1 amide bonds. The van der Waals surface area contributed by atoms with Crippen molar-refractivity contribution in [3.05, 3.63) is 0 Å². The zero-order valence-electron chi connectivity index (χ0n) is 8.87. The van der Waals surface area contributed by atoms with E-state index in [1.165, 1.54) is 0 Å². The average molecular weight is 200 g/mol. The number of nitrogens with zero attached hydrogens (tertiary/aromatic N) is 1. The van der Waals surface area contributed by atoms with Crippen molar-refractivity contribution in [2.45, 2.75) is 19.3 Å². The summed E-state index contributed by atoms with van der Waals surface area (Å²) in [6.07, 6.45) is 2.61. The Morgan fingerprint density at radius 2 is 2.14 bits per heavy atom. The van der Waals surface area contributed by atoms with Crippen LogP contribution in [0.2, 0.25) is 0 Å². The van der Waals surface area contributed by atoms with Crippen molar-refractivity contribution >= 4 is 5.91 Å². The highest BCUT2D eigenvalue weighted by Gasteiger charge is 2.21. The Kier molecular flexibility index (Phi) is 4.90. The number of hydrogen-bond acceptors (Lipinski definition) is 3. The van der Waals surface area contributed by atoms with E-state index >= 15 is 0 Å². The number of methoxy groups -OCH3 is 1. The Bertz CT molecular complexity index is 177. The molecule has 1 aliphatic rings. The van der Waals surface area contributed by atoms with Crippen LogP contribution in [0.1, 0.15) is 19.3 Å². The van der Waals surface area contributed by atoms with Gasteiger partial charge in [-0.25, -0.2) is 0 Å². The SMILES string of the molecule is COCCC(=O)N1CCC(CN)CC1. The molecule has 1 aliphatic heterocycles. The van der Waals surface area contributed by atoms with E-state index in [2.05, 4.69) is 0 Å². The molecule has 4 nitrogen and oxygen atoms in total. The highest BCUT2D eigenvalue weighted by atomic mass is 16.5. The minimum absolute atomic E-state index is 0.210. The van der Waals surface area contributed by atoms with E-state index in [0.29, 0.717) is 18.9 Å². The van der Waals surface area contributed by atoms with Gasteiger partial charge < -0.3 is 15.4 Å². The summed E-state index contributed by atoms with van der Waals surface area (Å²) in [6.45, 7) is 3.00. The highest BCUT2D eigenvalue weighted by molar-refractivity contribution is 5.76. The molecule has 4 heteroatoms. The Hall–Kier alpha value is -0.610. The molecular formula is C10H20N2O2. The van der Waals surface area contributed by atoms with Crippen molar-refractivity contribution in [1.29, 1.82) is 0 Å². The van der Waals surface area contributed by atoms with E-state index < -0.39 is 0 Å². The van der Waals surface area contributed by atoms with Crippen molar-refractivity contribution in [2.24, 2.45) is 11.7 Å². The van der Waals surface area contributed by atoms with Crippen LogP contribution in [0.4, 0.5) is 0 Å². The molecule has 0 bridgehead atoms. The normalized spacial score (nSPS) is 18.6. The van der Waals surface area contributed by atoms with Crippen LogP contribution in [0.25, 0.3) is 0 Å². The Morgan fingerprint density at radius 1 is 1.50 bits per heavy atom. The molecule has 0 aliphatic carbocycles. The van der Waals surface area contributed by atoms with E-state index in [9.17, 15) is 4.79 Å². The van der Waals surface area contributed by atoms with E-state index in [-0.39, 0.29) is 5.91 Å². The molecule has 0 saturated carbocycles. The number of piperidine rings is 1. The van der Waals surface area contributed by atoms with Gasteiger partial charge in [0.15, 0.2) is 0 Å². The maximum Gasteiger partial charge on any atom is 0.224 e. The monoisotopic (exact) mass is 200 g/mol. The summed E-state index contributed by atoms with van der Waals surface area (Å²) >= 11 is 0. The van der Waals surface area contributed by atoms with Gasteiger partial charge in [0.1, 0.15) is 0 Å². The molecule has 0 aromatic heterocycles. The topological polar surface area (TPSA) is 55.6 Å². The molecule has 0 unspecified atom stereocenters. The largest absolute Gasteiger partial charge is 0.384 e. The fourth-order valence-electron chi connectivity index (χ4n) is 1.77. The molecule has 0 spiro atoms. The summed E-state index contributed by atoms with van der Waals surface area (Å²) in [7, 11) is 1.62. The van der Waals surface area contributed by atoms with Crippen molar-refractivity contribution < 1.29 is 9.53 Å². The fourth-order valence-corrected chi connectivity index (χ4v) is 1.77. The number of amides is 1. The lowest BCUT2D eigenvalue weighted by Gasteiger charge is -2.31. The van der Waals surface area contributed by atoms with Gasteiger partial charge >= 0.3 is 0 Å². The molecule has 0 aromatic carbocycles. The molecule has 0 aromatic rings. The molecule has 0 atom stereocenters. The highest BCUT2D eigenvalue weighted by Crippen LogP contribution is 2.16. The third-order valence-corrected chi connectivity index (χ3v) is 2.82. The first-order valence-electron chi connectivity index (χ1n) is 5.24. The number of carbonyl (C=O) groups excluding carboxylic acids is 1. The Balaban J connectivity index is 2.23. The molecule has 1 fully saturated rings. The standard InChI is InChI=1S/C10H20N2O2/c1-14-7-4-10(13)12-5-2-9(8-11)3-6-12/h9H,2-8,11H2,1H3. The summed E-state index contributed by atoms with van der Waals surface area (Å²) in [5.74, 6) is 0.823. The van der Waals surface area contributed by atoms with Crippen LogP contribution in [-0.4, -0.2) is 44.2 Å². The molecule has 1 saturated heterocycles. The van der Waals surface area contributed by atoms with E-state index in [4.69, 9.17) is 10.5 Å². The zero-order valence-corrected chi connectivity index (χ0v) is 8.87. The van der Waals surface area contributed by atoms with Gasteiger partial charge in [-0.3, -0.25) is 4.79 Å². The number of ether oxygens (including phenoxy) is 1.